The minimum absolute atomic E-state index is 0.00871. The van der Waals surface area contributed by atoms with E-state index >= 15 is 4.39 Å². The van der Waals surface area contributed by atoms with Crippen LogP contribution >= 0.6 is 0 Å². The van der Waals surface area contributed by atoms with Crippen LogP contribution in [0.1, 0.15) is 88.3 Å². The van der Waals surface area contributed by atoms with E-state index in [0.29, 0.717) is 41.4 Å². The Morgan fingerprint density at radius 2 is 1.69 bits per heavy atom. The molecule has 2 aromatic heterocycles. The number of aromatic amines is 1. The average molecular weight is 935 g/mol. The monoisotopic (exact) mass is 934 g/mol. The Balaban J connectivity index is 0.736. The second-order valence-corrected chi connectivity index (χ2v) is 20.0. The van der Waals surface area contributed by atoms with Crippen LogP contribution in [0.5, 0.6) is 5.75 Å². The molecule has 1 unspecified atom stereocenters. The smallest absolute Gasteiger partial charge is 0.301 e. The summed E-state index contributed by atoms with van der Waals surface area (Å²) in [6, 6.07) is 17.8. The van der Waals surface area contributed by atoms with Crippen molar-refractivity contribution in [3.8, 4) is 16.9 Å². The number of likely N-dealkylation sites (tertiary alicyclic amines) is 1. The highest BCUT2D eigenvalue weighted by atomic mass is 32.2. The zero-order chi connectivity index (χ0) is 46.6. The number of carbonyl (C=O) groups is 4. The fourth-order valence-electron chi connectivity index (χ4n) is 10.6. The van der Waals surface area contributed by atoms with Crippen LogP contribution in [-0.2, 0) is 26.3 Å². The number of pyridine rings is 1. The third-order valence-electron chi connectivity index (χ3n) is 14.3. The molecule has 5 aliphatic heterocycles. The fourth-order valence-corrected chi connectivity index (χ4v) is 11.8. The van der Waals surface area contributed by atoms with E-state index in [1.807, 2.05) is 24.3 Å². The molecule has 67 heavy (non-hydrogen) atoms. The van der Waals surface area contributed by atoms with Gasteiger partial charge in [0.15, 0.2) is 5.75 Å². The lowest BCUT2D eigenvalue weighted by Gasteiger charge is -2.38. The lowest BCUT2D eigenvalue weighted by Crippen LogP contribution is -2.52. The highest BCUT2D eigenvalue weighted by molar-refractivity contribution is 7.90. The predicted octanol–water partition coefficient (Wildman–Crippen LogP) is 6.17. The quantitative estimate of drug-likeness (QED) is 0.0970. The number of H-pyrrole nitrogens is 1. The number of carbonyl (C=O) groups excluding carboxylic acids is 4. The SMILES string of the molecule is COc1c(NS(=O)(=O)N2CCC(F)C2)ccc(F)c1C(=O)c1c[nH]c2ncc(-c3ccc(N4CCC(CN5CCC(c6ccc7c(c6)CN([C@H]6CCC(=O)NC6=O)C7=O)CC5)CC4)cc3)cc12. The van der Waals surface area contributed by atoms with Gasteiger partial charge in [0, 0.05) is 85.8 Å². The normalized spacial score (nSPS) is 21.3. The van der Waals surface area contributed by atoms with Gasteiger partial charge in [-0.15, -0.1) is 0 Å². The van der Waals surface area contributed by atoms with Crippen LogP contribution < -0.4 is 19.7 Å². The van der Waals surface area contributed by atoms with Crippen LogP contribution in [0.15, 0.2) is 73.1 Å². The van der Waals surface area contributed by atoms with Crippen molar-refractivity contribution < 1.29 is 41.1 Å². The van der Waals surface area contributed by atoms with E-state index in [2.05, 4.69) is 54.1 Å². The number of halogens is 2. The van der Waals surface area contributed by atoms with Gasteiger partial charge in [-0.3, -0.25) is 29.2 Å². The summed E-state index contributed by atoms with van der Waals surface area (Å²) in [7, 11) is -2.99. The van der Waals surface area contributed by atoms with Gasteiger partial charge < -0.3 is 24.4 Å². The standard InChI is InChI=1S/C49H52F2N8O7S/c1-66-46-41(55-67(64,65)58-21-16-35(50)28-58)9-8-40(51)44(46)45(61)39-25-53-47-38(39)23-33(24-52-47)30-2-5-36(6-3-30)57-19-12-29(13-20-57)26-56-17-14-31(15-18-56)32-4-7-37-34(22-32)27-59(49(37)63)42-10-11-43(60)54-48(42)62/h2-9,22-25,29,31,35,42,55H,10-21,26-28H2,1H3,(H,52,53)(H,54,60,62)/t35?,42-/m0/s1. The van der Waals surface area contributed by atoms with Gasteiger partial charge in [-0.05, 0) is 117 Å². The first-order valence-electron chi connectivity index (χ1n) is 23.0. The number of amides is 3. The van der Waals surface area contributed by atoms with Crippen LogP contribution in [0.4, 0.5) is 20.2 Å². The molecule has 15 nitrogen and oxygen atoms in total. The Morgan fingerprint density at radius 1 is 0.910 bits per heavy atom. The third kappa shape index (κ3) is 8.77. The second kappa shape index (κ2) is 18.1. The lowest BCUT2D eigenvalue weighted by atomic mass is 9.87. The Bertz CT molecular complexity index is 2880. The molecule has 3 amide bonds. The van der Waals surface area contributed by atoms with Crippen molar-refractivity contribution in [2.45, 2.75) is 69.6 Å². The average Bonchev–Trinajstić information content (AvgIpc) is 4.06. The molecule has 2 atom stereocenters. The largest absolute Gasteiger partial charge is 0.494 e. The second-order valence-electron chi connectivity index (χ2n) is 18.4. The number of aromatic nitrogens is 2. The molecule has 10 rings (SSSR count). The summed E-state index contributed by atoms with van der Waals surface area (Å²) in [5.74, 6) is -1.72. The molecule has 0 bridgehead atoms. The van der Waals surface area contributed by atoms with Gasteiger partial charge in [-0.1, -0.05) is 24.3 Å². The van der Waals surface area contributed by atoms with Gasteiger partial charge >= 0.3 is 10.2 Å². The van der Waals surface area contributed by atoms with Crippen molar-refractivity contribution in [1.29, 1.82) is 0 Å². The fraction of sp³-hybridized carbons (Fsp3) is 0.408. The molecule has 7 heterocycles. The molecule has 350 valence electrons. The number of hydrogen-bond donors (Lipinski definition) is 3. The molecule has 18 heteroatoms. The maximum atomic E-state index is 15.5. The first-order valence-corrected chi connectivity index (χ1v) is 24.4. The van der Waals surface area contributed by atoms with Crippen LogP contribution in [0.25, 0.3) is 22.2 Å². The number of ketones is 1. The number of nitrogens with zero attached hydrogens (tertiary/aromatic N) is 5. The predicted molar refractivity (Wildman–Crippen MR) is 247 cm³/mol. The van der Waals surface area contributed by atoms with Crippen molar-refractivity contribution in [3.05, 3.63) is 107 Å². The van der Waals surface area contributed by atoms with Crippen LogP contribution in [0, 0.1) is 11.7 Å². The number of nitrogens with one attached hydrogen (secondary N) is 3. The summed E-state index contributed by atoms with van der Waals surface area (Å²) in [6.07, 6.45) is 6.82. The molecule has 4 fully saturated rings. The van der Waals surface area contributed by atoms with Crippen molar-refractivity contribution in [1.82, 2.24) is 29.4 Å². The zero-order valence-electron chi connectivity index (χ0n) is 37.1. The summed E-state index contributed by atoms with van der Waals surface area (Å²) in [6.45, 7) is 5.10. The molecule has 0 radical (unpaired) electrons. The van der Waals surface area contributed by atoms with E-state index in [0.717, 1.165) is 91.2 Å². The van der Waals surface area contributed by atoms with Gasteiger partial charge in [-0.2, -0.15) is 12.7 Å². The third-order valence-corrected chi connectivity index (χ3v) is 15.8. The number of rotatable bonds is 12. The van der Waals surface area contributed by atoms with E-state index < -0.39 is 45.5 Å². The van der Waals surface area contributed by atoms with E-state index in [1.165, 1.54) is 24.9 Å². The zero-order valence-corrected chi connectivity index (χ0v) is 37.9. The van der Waals surface area contributed by atoms with E-state index in [4.69, 9.17) is 4.74 Å². The maximum absolute atomic E-state index is 15.5. The van der Waals surface area contributed by atoms with Gasteiger partial charge in [0.1, 0.15) is 29.2 Å². The first kappa shape index (κ1) is 44.6. The summed E-state index contributed by atoms with van der Waals surface area (Å²) < 4.78 is 64.1. The molecule has 0 spiro atoms. The Hall–Kier alpha value is -6.24. The summed E-state index contributed by atoms with van der Waals surface area (Å²) in [4.78, 5) is 65.6. The Morgan fingerprint density at radius 3 is 2.40 bits per heavy atom. The lowest BCUT2D eigenvalue weighted by molar-refractivity contribution is -0.136. The topological polar surface area (TPSA) is 177 Å². The number of methoxy groups -OCH3 is 1. The minimum Gasteiger partial charge on any atom is -0.494 e. The molecule has 4 saturated heterocycles. The number of hydrogen-bond acceptors (Lipinski definition) is 10. The highest BCUT2D eigenvalue weighted by Gasteiger charge is 2.40. The van der Waals surface area contributed by atoms with Crippen molar-refractivity contribution in [2.24, 2.45) is 5.92 Å². The van der Waals surface area contributed by atoms with Gasteiger partial charge in [-0.25, -0.2) is 13.8 Å². The van der Waals surface area contributed by atoms with Gasteiger partial charge in [0.2, 0.25) is 17.6 Å². The van der Waals surface area contributed by atoms with Crippen molar-refractivity contribution in [3.63, 3.8) is 0 Å². The molecular formula is C49H52F2N8O7S. The Labute approximate surface area is 387 Å². The number of ether oxygens (including phenoxy) is 1. The van der Waals surface area contributed by atoms with Crippen LogP contribution in [-0.4, -0.2) is 121 Å². The highest BCUT2D eigenvalue weighted by Crippen LogP contribution is 2.38. The van der Waals surface area contributed by atoms with E-state index in [9.17, 15) is 32.0 Å². The molecule has 5 aliphatic rings. The number of piperidine rings is 3. The van der Waals surface area contributed by atoms with E-state index in [-0.39, 0.29) is 54.7 Å². The molecular weight excluding hydrogens is 883 g/mol. The first-order chi connectivity index (χ1) is 32.3. The van der Waals surface area contributed by atoms with E-state index in [1.54, 1.807) is 11.1 Å². The minimum atomic E-state index is -4.20. The summed E-state index contributed by atoms with van der Waals surface area (Å²) in [5.41, 5.74) is 5.57. The number of benzene rings is 3. The molecule has 0 saturated carbocycles. The molecule has 3 N–H and O–H groups in total. The summed E-state index contributed by atoms with van der Waals surface area (Å²) >= 11 is 0. The van der Waals surface area contributed by atoms with Gasteiger partial charge in [0.05, 0.1) is 12.8 Å². The number of imide groups is 1. The van der Waals surface area contributed by atoms with Crippen molar-refractivity contribution in [2.75, 3.05) is 62.5 Å². The maximum Gasteiger partial charge on any atom is 0.301 e. The molecule has 0 aliphatic carbocycles. The van der Waals surface area contributed by atoms with Gasteiger partial charge in [0.25, 0.3) is 5.91 Å². The van der Waals surface area contributed by atoms with Crippen LogP contribution in [0.2, 0.25) is 0 Å². The van der Waals surface area contributed by atoms with Crippen molar-refractivity contribution >= 4 is 56.1 Å². The molecule has 3 aromatic carbocycles. The number of alkyl halides is 1. The number of anilines is 2. The summed E-state index contributed by atoms with van der Waals surface area (Å²) in [5, 5.41) is 2.83. The Kier molecular flexibility index (Phi) is 12.0. The molecule has 5 aromatic rings. The number of fused-ring (bicyclic) bond motifs is 2. The van der Waals surface area contributed by atoms with Crippen LogP contribution in [0.3, 0.4) is 0 Å².